The SMILES string of the molecule is COc1ccc(Cn2nc([N+](=O)[O-])cc2C(=O)O)cc1. The zero-order chi connectivity index (χ0) is 14.7. The van der Waals surface area contributed by atoms with Gasteiger partial charge in [0.25, 0.3) is 0 Å². The van der Waals surface area contributed by atoms with Crippen LogP contribution in [0.1, 0.15) is 16.1 Å². The predicted molar refractivity (Wildman–Crippen MR) is 67.9 cm³/mol. The number of nitrogens with zero attached hydrogens (tertiary/aromatic N) is 3. The average Bonchev–Trinajstić information content (AvgIpc) is 2.84. The number of aromatic carboxylic acids is 1. The second kappa shape index (κ2) is 5.39. The van der Waals surface area contributed by atoms with E-state index in [0.717, 1.165) is 16.3 Å². The Labute approximate surface area is 113 Å². The van der Waals surface area contributed by atoms with E-state index in [4.69, 9.17) is 9.84 Å². The molecule has 0 aliphatic rings. The summed E-state index contributed by atoms with van der Waals surface area (Å²) in [4.78, 5) is 21.0. The minimum Gasteiger partial charge on any atom is -0.497 e. The van der Waals surface area contributed by atoms with Gasteiger partial charge in [0.1, 0.15) is 5.75 Å². The number of hydrogen-bond acceptors (Lipinski definition) is 5. The molecule has 2 aromatic rings. The molecule has 0 fully saturated rings. The second-order valence-electron chi connectivity index (χ2n) is 3.96. The van der Waals surface area contributed by atoms with Crippen molar-refractivity contribution in [2.75, 3.05) is 7.11 Å². The quantitative estimate of drug-likeness (QED) is 0.656. The van der Waals surface area contributed by atoms with Gasteiger partial charge >= 0.3 is 11.8 Å². The molecule has 1 heterocycles. The van der Waals surface area contributed by atoms with Gasteiger partial charge in [-0.15, -0.1) is 0 Å². The van der Waals surface area contributed by atoms with E-state index in [-0.39, 0.29) is 12.2 Å². The highest BCUT2D eigenvalue weighted by Crippen LogP contribution is 2.16. The van der Waals surface area contributed by atoms with Gasteiger partial charge in [-0.2, -0.15) is 4.68 Å². The number of carbonyl (C=O) groups is 1. The van der Waals surface area contributed by atoms with Crippen molar-refractivity contribution < 1.29 is 19.6 Å². The molecule has 0 aliphatic heterocycles. The van der Waals surface area contributed by atoms with Crippen LogP contribution in [-0.4, -0.2) is 32.9 Å². The molecule has 1 aromatic heterocycles. The van der Waals surface area contributed by atoms with Crippen LogP contribution in [0.3, 0.4) is 0 Å². The number of carboxylic acids is 1. The zero-order valence-corrected chi connectivity index (χ0v) is 10.5. The molecule has 1 N–H and O–H groups in total. The number of hydrogen-bond donors (Lipinski definition) is 1. The molecule has 1 aromatic carbocycles. The Morgan fingerprint density at radius 1 is 1.45 bits per heavy atom. The van der Waals surface area contributed by atoms with Crippen molar-refractivity contribution in [1.29, 1.82) is 0 Å². The normalized spacial score (nSPS) is 10.2. The molecule has 8 heteroatoms. The topological polar surface area (TPSA) is 107 Å². The lowest BCUT2D eigenvalue weighted by Gasteiger charge is -2.03. The van der Waals surface area contributed by atoms with Crippen molar-refractivity contribution in [2.24, 2.45) is 0 Å². The van der Waals surface area contributed by atoms with Crippen LogP contribution in [0, 0.1) is 10.1 Å². The number of nitro groups is 1. The molecule has 2 rings (SSSR count). The summed E-state index contributed by atoms with van der Waals surface area (Å²) < 4.78 is 6.10. The van der Waals surface area contributed by atoms with Crippen LogP contribution >= 0.6 is 0 Å². The smallest absolute Gasteiger partial charge is 0.390 e. The molecule has 0 spiro atoms. The first-order chi connectivity index (χ1) is 9.51. The van der Waals surface area contributed by atoms with E-state index in [9.17, 15) is 14.9 Å². The van der Waals surface area contributed by atoms with Crippen LogP contribution in [0.25, 0.3) is 0 Å². The predicted octanol–water partition coefficient (Wildman–Crippen LogP) is 1.55. The number of rotatable bonds is 5. The van der Waals surface area contributed by atoms with Crippen molar-refractivity contribution in [3.8, 4) is 5.75 Å². The third kappa shape index (κ3) is 2.74. The van der Waals surface area contributed by atoms with E-state index in [1.807, 2.05) is 0 Å². The number of methoxy groups -OCH3 is 1. The van der Waals surface area contributed by atoms with Gasteiger partial charge in [0, 0.05) is 0 Å². The molecule has 0 radical (unpaired) electrons. The third-order valence-electron chi connectivity index (χ3n) is 2.66. The van der Waals surface area contributed by atoms with Gasteiger partial charge in [0.15, 0.2) is 5.69 Å². The lowest BCUT2D eigenvalue weighted by molar-refractivity contribution is -0.389. The van der Waals surface area contributed by atoms with E-state index in [0.29, 0.717) is 5.75 Å². The number of benzene rings is 1. The molecule has 0 aliphatic carbocycles. The van der Waals surface area contributed by atoms with Crippen molar-refractivity contribution in [2.45, 2.75) is 6.54 Å². The molecule has 0 atom stereocenters. The first-order valence-electron chi connectivity index (χ1n) is 5.59. The van der Waals surface area contributed by atoms with Crippen molar-refractivity contribution in [1.82, 2.24) is 9.78 Å². The van der Waals surface area contributed by atoms with Gasteiger partial charge in [-0.05, 0) is 22.6 Å². The summed E-state index contributed by atoms with van der Waals surface area (Å²) in [6.45, 7) is 0.124. The van der Waals surface area contributed by atoms with Crippen LogP contribution in [0.2, 0.25) is 0 Å². The lowest BCUT2D eigenvalue weighted by atomic mass is 10.2. The van der Waals surface area contributed by atoms with Gasteiger partial charge in [-0.25, -0.2) is 4.79 Å². The first-order valence-corrected chi connectivity index (χ1v) is 5.59. The Balaban J connectivity index is 2.31. The summed E-state index contributed by atoms with van der Waals surface area (Å²) in [5.74, 6) is -1.09. The maximum atomic E-state index is 11.0. The summed E-state index contributed by atoms with van der Waals surface area (Å²) in [5.41, 5.74) is 0.527. The van der Waals surface area contributed by atoms with Crippen LogP contribution in [-0.2, 0) is 6.54 Å². The third-order valence-corrected chi connectivity index (χ3v) is 2.66. The van der Waals surface area contributed by atoms with Crippen molar-refractivity contribution >= 4 is 11.8 Å². The molecule has 0 saturated heterocycles. The van der Waals surface area contributed by atoms with Crippen molar-refractivity contribution in [3.05, 3.63) is 51.7 Å². The Kier molecular flexibility index (Phi) is 3.65. The molecular formula is C12H11N3O5. The van der Waals surface area contributed by atoms with Crippen LogP contribution in [0.15, 0.2) is 30.3 Å². The van der Waals surface area contributed by atoms with Gasteiger partial charge in [-0.1, -0.05) is 12.1 Å². The summed E-state index contributed by atoms with van der Waals surface area (Å²) in [5, 5.41) is 23.3. The second-order valence-corrected chi connectivity index (χ2v) is 3.96. The molecule has 0 unspecified atom stereocenters. The van der Waals surface area contributed by atoms with Gasteiger partial charge in [-0.3, -0.25) is 0 Å². The molecule has 0 bridgehead atoms. The van der Waals surface area contributed by atoms with E-state index in [2.05, 4.69) is 5.10 Å². The highest BCUT2D eigenvalue weighted by molar-refractivity contribution is 5.86. The van der Waals surface area contributed by atoms with Gasteiger partial charge in [0.05, 0.1) is 24.8 Å². The standard InChI is InChI=1S/C12H11N3O5/c1-20-9-4-2-8(3-5-9)7-14-10(12(16)17)6-11(13-14)15(18)19/h2-6H,7H2,1H3,(H,16,17). The number of aromatic nitrogens is 2. The minimum atomic E-state index is -1.26. The number of carboxylic acid groups (broad SMARTS) is 1. The Morgan fingerprint density at radius 2 is 2.10 bits per heavy atom. The number of ether oxygens (including phenoxy) is 1. The Bertz CT molecular complexity index is 648. The maximum absolute atomic E-state index is 11.0. The average molecular weight is 277 g/mol. The maximum Gasteiger partial charge on any atom is 0.390 e. The van der Waals surface area contributed by atoms with E-state index < -0.39 is 16.7 Å². The summed E-state index contributed by atoms with van der Waals surface area (Å²) in [6, 6.07) is 7.84. The van der Waals surface area contributed by atoms with Crippen LogP contribution in [0.4, 0.5) is 5.82 Å². The monoisotopic (exact) mass is 277 g/mol. The molecule has 20 heavy (non-hydrogen) atoms. The van der Waals surface area contributed by atoms with E-state index in [1.165, 1.54) is 7.11 Å². The molecule has 0 amide bonds. The van der Waals surface area contributed by atoms with Crippen LogP contribution in [0.5, 0.6) is 5.75 Å². The summed E-state index contributed by atoms with van der Waals surface area (Å²) >= 11 is 0. The van der Waals surface area contributed by atoms with E-state index >= 15 is 0 Å². The first kappa shape index (κ1) is 13.5. The largest absolute Gasteiger partial charge is 0.497 e. The fourth-order valence-corrected chi connectivity index (χ4v) is 1.69. The molecular weight excluding hydrogens is 266 g/mol. The van der Waals surface area contributed by atoms with Gasteiger partial charge in [0.2, 0.25) is 0 Å². The fraction of sp³-hybridized carbons (Fsp3) is 0.167. The van der Waals surface area contributed by atoms with Crippen molar-refractivity contribution in [3.63, 3.8) is 0 Å². The highest BCUT2D eigenvalue weighted by atomic mass is 16.6. The minimum absolute atomic E-state index is 0.124. The fourth-order valence-electron chi connectivity index (χ4n) is 1.69. The zero-order valence-electron chi connectivity index (χ0n) is 10.5. The molecule has 104 valence electrons. The summed E-state index contributed by atoms with van der Waals surface area (Å²) in [6.07, 6.45) is 0. The highest BCUT2D eigenvalue weighted by Gasteiger charge is 2.22. The molecule has 0 saturated carbocycles. The van der Waals surface area contributed by atoms with E-state index in [1.54, 1.807) is 24.3 Å². The lowest BCUT2D eigenvalue weighted by Crippen LogP contribution is -2.10. The molecule has 8 nitrogen and oxygen atoms in total. The van der Waals surface area contributed by atoms with Crippen LogP contribution < -0.4 is 4.74 Å². The van der Waals surface area contributed by atoms with Gasteiger partial charge < -0.3 is 20.0 Å². The Morgan fingerprint density at radius 3 is 2.60 bits per heavy atom. The summed E-state index contributed by atoms with van der Waals surface area (Å²) in [7, 11) is 1.54. The Hall–Kier alpha value is -2.90.